The Hall–Kier alpha value is -2.37. The highest BCUT2D eigenvalue weighted by molar-refractivity contribution is 5.71. The minimum absolute atomic E-state index is 0.0695. The fraction of sp³-hybridized carbons (Fsp3) is 0.833. The van der Waals surface area contributed by atoms with Crippen molar-refractivity contribution >= 4 is 17.9 Å². The van der Waals surface area contributed by atoms with Crippen LogP contribution in [0.25, 0.3) is 0 Å². The first-order chi connectivity index (χ1) is 29.5. The van der Waals surface area contributed by atoms with Gasteiger partial charge in [-0.2, -0.15) is 0 Å². The van der Waals surface area contributed by atoms with Gasteiger partial charge in [-0.25, -0.2) is 0 Å². The van der Waals surface area contributed by atoms with Gasteiger partial charge >= 0.3 is 17.9 Å². The van der Waals surface area contributed by atoms with Crippen molar-refractivity contribution < 1.29 is 28.6 Å². The van der Waals surface area contributed by atoms with E-state index in [0.29, 0.717) is 19.3 Å². The molecule has 0 amide bonds. The first kappa shape index (κ1) is 57.6. The molecule has 0 N–H and O–H groups in total. The van der Waals surface area contributed by atoms with Crippen LogP contribution in [0.15, 0.2) is 36.5 Å². The van der Waals surface area contributed by atoms with Crippen LogP contribution in [-0.2, 0) is 28.6 Å². The lowest BCUT2D eigenvalue weighted by Crippen LogP contribution is -2.30. The molecular weight excluding hydrogens is 745 g/mol. The van der Waals surface area contributed by atoms with E-state index >= 15 is 0 Å². The number of unbranched alkanes of at least 4 members (excludes halogenated alkanes) is 30. The molecule has 0 spiro atoms. The number of carbonyl (C=O) groups is 3. The summed E-state index contributed by atoms with van der Waals surface area (Å²) in [6.07, 6.45) is 57.0. The first-order valence-electron chi connectivity index (χ1n) is 26.0. The van der Waals surface area contributed by atoms with Crippen LogP contribution in [0.3, 0.4) is 0 Å². The number of esters is 3. The van der Waals surface area contributed by atoms with Gasteiger partial charge in [0.2, 0.25) is 0 Å². The summed E-state index contributed by atoms with van der Waals surface area (Å²) in [5.74, 6) is -0.865. The average Bonchev–Trinajstić information content (AvgIpc) is 3.24. The van der Waals surface area contributed by atoms with E-state index < -0.39 is 6.10 Å². The third-order valence-electron chi connectivity index (χ3n) is 11.4. The summed E-state index contributed by atoms with van der Waals surface area (Å²) in [6.45, 7) is 6.53. The summed E-state index contributed by atoms with van der Waals surface area (Å²) < 4.78 is 16.8. The average molecular weight is 843 g/mol. The quantitative estimate of drug-likeness (QED) is 0.0263. The third kappa shape index (κ3) is 46.7. The maximum Gasteiger partial charge on any atom is 0.306 e. The second kappa shape index (κ2) is 49.3. The van der Waals surface area contributed by atoms with Gasteiger partial charge in [0, 0.05) is 19.3 Å². The Morgan fingerprint density at radius 3 is 1.02 bits per heavy atom. The van der Waals surface area contributed by atoms with Crippen LogP contribution >= 0.6 is 0 Å². The van der Waals surface area contributed by atoms with E-state index in [1.54, 1.807) is 0 Å². The lowest BCUT2D eigenvalue weighted by molar-refractivity contribution is -0.167. The summed E-state index contributed by atoms with van der Waals surface area (Å²) in [5, 5.41) is 0. The molecule has 0 heterocycles. The van der Waals surface area contributed by atoms with E-state index in [-0.39, 0.29) is 31.1 Å². The molecule has 0 saturated carbocycles. The van der Waals surface area contributed by atoms with E-state index in [2.05, 4.69) is 57.2 Å². The van der Waals surface area contributed by atoms with Crippen LogP contribution in [0, 0.1) is 0 Å². The second-order valence-corrected chi connectivity index (χ2v) is 17.4. The summed E-state index contributed by atoms with van der Waals surface area (Å²) in [5.41, 5.74) is 0. The predicted octanol–water partition coefficient (Wildman–Crippen LogP) is 16.9. The highest BCUT2D eigenvalue weighted by Crippen LogP contribution is 2.16. The van der Waals surface area contributed by atoms with Crippen molar-refractivity contribution in [3.05, 3.63) is 36.5 Å². The topological polar surface area (TPSA) is 78.9 Å². The molecule has 0 fully saturated rings. The molecule has 0 saturated heterocycles. The van der Waals surface area contributed by atoms with E-state index in [9.17, 15) is 14.4 Å². The Bertz CT molecular complexity index is 1020. The normalized spacial score (nSPS) is 12.2. The van der Waals surface area contributed by atoms with Gasteiger partial charge in [0.1, 0.15) is 13.2 Å². The molecule has 60 heavy (non-hydrogen) atoms. The molecule has 0 aromatic rings. The zero-order valence-corrected chi connectivity index (χ0v) is 40.0. The van der Waals surface area contributed by atoms with Gasteiger partial charge in [-0.05, 0) is 51.4 Å². The Balaban J connectivity index is 4.29. The first-order valence-corrected chi connectivity index (χ1v) is 26.0. The van der Waals surface area contributed by atoms with Crippen molar-refractivity contribution in [2.75, 3.05) is 13.2 Å². The SMILES string of the molecule is CC/C=C\C/C=C\C/C=C\CCCCCCCCCCCC(=O)OCC(COC(=O)CCCCCCCCCCCC)OC(=O)CCCCCCCCCCCCCCC. The highest BCUT2D eigenvalue weighted by atomic mass is 16.6. The zero-order chi connectivity index (χ0) is 43.7. The summed E-state index contributed by atoms with van der Waals surface area (Å²) >= 11 is 0. The van der Waals surface area contributed by atoms with Crippen molar-refractivity contribution in [2.24, 2.45) is 0 Å². The molecule has 350 valence electrons. The predicted molar refractivity (Wildman–Crippen MR) is 256 cm³/mol. The van der Waals surface area contributed by atoms with Gasteiger partial charge in [0.15, 0.2) is 6.10 Å². The molecule has 0 aliphatic rings. The molecule has 0 bridgehead atoms. The van der Waals surface area contributed by atoms with Crippen molar-refractivity contribution in [3.8, 4) is 0 Å². The van der Waals surface area contributed by atoms with Crippen LogP contribution in [0.1, 0.15) is 271 Å². The molecular formula is C54H98O6. The van der Waals surface area contributed by atoms with Crippen LogP contribution < -0.4 is 0 Å². The van der Waals surface area contributed by atoms with Gasteiger partial charge in [0.25, 0.3) is 0 Å². The maximum absolute atomic E-state index is 12.8. The van der Waals surface area contributed by atoms with Gasteiger partial charge in [-0.15, -0.1) is 0 Å². The Kier molecular flexibility index (Phi) is 47.3. The number of allylic oxidation sites excluding steroid dienone is 6. The number of hydrogen-bond donors (Lipinski definition) is 0. The largest absolute Gasteiger partial charge is 0.462 e. The number of ether oxygens (including phenoxy) is 3. The molecule has 0 rings (SSSR count). The summed E-state index contributed by atoms with van der Waals surface area (Å²) in [4.78, 5) is 37.9. The smallest absolute Gasteiger partial charge is 0.306 e. The van der Waals surface area contributed by atoms with Gasteiger partial charge < -0.3 is 14.2 Å². The van der Waals surface area contributed by atoms with Crippen LogP contribution in [-0.4, -0.2) is 37.2 Å². The van der Waals surface area contributed by atoms with Gasteiger partial charge in [-0.1, -0.05) is 237 Å². The Morgan fingerprint density at radius 1 is 0.350 bits per heavy atom. The third-order valence-corrected chi connectivity index (χ3v) is 11.4. The monoisotopic (exact) mass is 843 g/mol. The molecule has 0 aromatic heterocycles. The molecule has 1 atom stereocenters. The van der Waals surface area contributed by atoms with Crippen molar-refractivity contribution in [2.45, 2.75) is 277 Å². The Morgan fingerprint density at radius 2 is 0.650 bits per heavy atom. The van der Waals surface area contributed by atoms with Crippen molar-refractivity contribution in [1.29, 1.82) is 0 Å². The lowest BCUT2D eigenvalue weighted by Gasteiger charge is -2.18. The highest BCUT2D eigenvalue weighted by Gasteiger charge is 2.19. The molecule has 0 aromatic carbocycles. The van der Waals surface area contributed by atoms with Crippen molar-refractivity contribution in [3.63, 3.8) is 0 Å². The van der Waals surface area contributed by atoms with E-state index in [0.717, 1.165) is 77.0 Å². The van der Waals surface area contributed by atoms with Crippen LogP contribution in [0.4, 0.5) is 0 Å². The summed E-state index contributed by atoms with van der Waals surface area (Å²) in [7, 11) is 0. The molecule has 0 aliphatic carbocycles. The molecule has 6 heteroatoms. The molecule has 1 unspecified atom stereocenters. The molecule has 6 nitrogen and oxygen atoms in total. The van der Waals surface area contributed by atoms with Crippen molar-refractivity contribution in [1.82, 2.24) is 0 Å². The lowest BCUT2D eigenvalue weighted by atomic mass is 10.0. The number of rotatable bonds is 47. The Labute approximate surface area is 372 Å². The standard InChI is InChI=1S/C54H98O6/c1-4-7-10-13-16-19-22-24-25-26-27-28-29-31-32-35-38-41-44-47-53(56)59-50-51(49-58-52(55)46-43-40-37-34-21-18-15-12-9-6-3)60-54(57)48-45-42-39-36-33-30-23-20-17-14-11-8-5-2/h7,10,16,19,24-25,51H,4-6,8-9,11-15,17-18,20-23,26-50H2,1-3H3/b10-7-,19-16-,25-24-. The fourth-order valence-electron chi connectivity index (χ4n) is 7.52. The fourth-order valence-corrected chi connectivity index (χ4v) is 7.52. The van der Waals surface area contributed by atoms with Crippen LogP contribution in [0.5, 0.6) is 0 Å². The summed E-state index contributed by atoms with van der Waals surface area (Å²) in [6, 6.07) is 0. The van der Waals surface area contributed by atoms with Gasteiger partial charge in [-0.3, -0.25) is 14.4 Å². The minimum atomic E-state index is -0.767. The van der Waals surface area contributed by atoms with Crippen LogP contribution in [0.2, 0.25) is 0 Å². The zero-order valence-electron chi connectivity index (χ0n) is 40.0. The maximum atomic E-state index is 12.8. The number of carbonyl (C=O) groups excluding carboxylic acids is 3. The van der Waals surface area contributed by atoms with Gasteiger partial charge in [0.05, 0.1) is 0 Å². The molecule has 0 aliphatic heterocycles. The van der Waals surface area contributed by atoms with E-state index in [4.69, 9.17) is 14.2 Å². The molecule has 0 radical (unpaired) electrons. The van der Waals surface area contributed by atoms with E-state index in [1.807, 2.05) is 0 Å². The minimum Gasteiger partial charge on any atom is -0.462 e. The second-order valence-electron chi connectivity index (χ2n) is 17.4. The number of hydrogen-bond acceptors (Lipinski definition) is 6. The van der Waals surface area contributed by atoms with E-state index in [1.165, 1.54) is 154 Å².